The first-order valence-corrected chi connectivity index (χ1v) is 11.4. The summed E-state index contributed by atoms with van der Waals surface area (Å²) in [6.07, 6.45) is 3.40. The van der Waals surface area contributed by atoms with Crippen molar-refractivity contribution in [1.29, 1.82) is 0 Å². The van der Waals surface area contributed by atoms with Crippen LogP contribution in [0.15, 0.2) is 35.1 Å². The number of likely N-dealkylation sites (tertiary alicyclic amines) is 1. The molecular formula is C24H28FN5O2. The first kappa shape index (κ1) is 20.9. The zero-order valence-electron chi connectivity index (χ0n) is 18.5. The largest absolute Gasteiger partial charge is 0.330 e. The van der Waals surface area contributed by atoms with Gasteiger partial charge >= 0.3 is 0 Å². The van der Waals surface area contributed by atoms with Crippen molar-refractivity contribution in [3.8, 4) is 0 Å². The van der Waals surface area contributed by atoms with Gasteiger partial charge in [-0.1, -0.05) is 0 Å². The highest BCUT2D eigenvalue weighted by Gasteiger charge is 2.31. The molecule has 0 bridgehead atoms. The first-order chi connectivity index (χ1) is 15.4. The predicted molar refractivity (Wildman–Crippen MR) is 119 cm³/mol. The summed E-state index contributed by atoms with van der Waals surface area (Å²) >= 11 is 0. The van der Waals surface area contributed by atoms with Crippen LogP contribution in [-0.4, -0.2) is 49.4 Å². The summed E-state index contributed by atoms with van der Waals surface area (Å²) in [6, 6.07) is 7.79. The van der Waals surface area contributed by atoms with Crippen molar-refractivity contribution in [2.24, 2.45) is 0 Å². The summed E-state index contributed by atoms with van der Waals surface area (Å²) < 4.78 is 14.8. The highest BCUT2D eigenvalue weighted by molar-refractivity contribution is 5.94. The van der Waals surface area contributed by atoms with Crippen molar-refractivity contribution in [2.75, 3.05) is 13.1 Å². The number of carbonyl (C=O) groups excluding carboxylic acids is 1. The highest BCUT2D eigenvalue weighted by atomic mass is 19.1. The number of fused-ring (bicyclic) bond motifs is 2. The quantitative estimate of drug-likeness (QED) is 0.682. The summed E-state index contributed by atoms with van der Waals surface area (Å²) in [5, 5.41) is 3.24. The van der Waals surface area contributed by atoms with Gasteiger partial charge in [0.25, 0.3) is 11.5 Å². The highest BCUT2D eigenvalue weighted by Crippen LogP contribution is 2.32. The second-order valence-corrected chi connectivity index (χ2v) is 9.08. The van der Waals surface area contributed by atoms with Crippen LogP contribution in [0.5, 0.6) is 0 Å². The fraction of sp³-hybridized carbons (Fsp3) is 0.458. The van der Waals surface area contributed by atoms with Crippen molar-refractivity contribution in [3.63, 3.8) is 0 Å². The van der Waals surface area contributed by atoms with Crippen LogP contribution in [0.3, 0.4) is 0 Å². The van der Waals surface area contributed by atoms with E-state index in [9.17, 15) is 14.0 Å². The molecule has 1 aromatic carbocycles. The molecule has 0 aliphatic carbocycles. The predicted octanol–water partition coefficient (Wildman–Crippen LogP) is 3.30. The molecule has 1 amide bonds. The summed E-state index contributed by atoms with van der Waals surface area (Å²) in [5.74, 6) is -0.488. The minimum atomic E-state index is -0.363. The maximum Gasteiger partial charge on any atom is 0.276 e. The van der Waals surface area contributed by atoms with Gasteiger partial charge in [-0.25, -0.2) is 13.9 Å². The van der Waals surface area contributed by atoms with Crippen LogP contribution >= 0.6 is 0 Å². The second-order valence-electron chi connectivity index (χ2n) is 9.08. The molecular weight excluding hydrogens is 409 g/mol. The van der Waals surface area contributed by atoms with E-state index in [0.29, 0.717) is 36.8 Å². The zero-order valence-corrected chi connectivity index (χ0v) is 18.5. The molecule has 5 rings (SSSR count). The van der Waals surface area contributed by atoms with Gasteiger partial charge in [0, 0.05) is 42.9 Å². The number of aromatic amines is 1. The summed E-state index contributed by atoms with van der Waals surface area (Å²) in [6.45, 7) is 6.46. The van der Waals surface area contributed by atoms with E-state index in [1.165, 1.54) is 28.8 Å². The third-order valence-electron chi connectivity index (χ3n) is 6.76. The van der Waals surface area contributed by atoms with Crippen LogP contribution in [-0.2, 0) is 13.0 Å². The van der Waals surface area contributed by atoms with Gasteiger partial charge in [0.2, 0.25) is 0 Å². The average Bonchev–Trinajstić information content (AvgIpc) is 3.23. The van der Waals surface area contributed by atoms with Gasteiger partial charge in [-0.2, -0.15) is 0 Å². The lowest BCUT2D eigenvalue weighted by molar-refractivity contribution is 0.0605. The monoisotopic (exact) mass is 437 g/mol. The van der Waals surface area contributed by atoms with E-state index >= 15 is 0 Å². The number of hydrogen-bond donors (Lipinski definition) is 1. The number of aromatic nitrogens is 3. The summed E-state index contributed by atoms with van der Waals surface area (Å²) in [7, 11) is 0. The number of halogens is 1. The molecule has 0 saturated carbocycles. The van der Waals surface area contributed by atoms with Crippen LogP contribution in [0.1, 0.15) is 66.5 Å². The minimum absolute atomic E-state index is 0.0492. The second kappa shape index (κ2) is 8.16. The van der Waals surface area contributed by atoms with Crippen molar-refractivity contribution >= 4 is 11.6 Å². The third kappa shape index (κ3) is 3.62. The van der Waals surface area contributed by atoms with E-state index in [1.807, 2.05) is 11.0 Å². The molecule has 2 aromatic heterocycles. The number of hydrogen-bond acceptors (Lipinski definition) is 4. The number of nitrogens with zero attached hydrogens (tertiary/aromatic N) is 4. The maximum atomic E-state index is 13.3. The van der Waals surface area contributed by atoms with Crippen LogP contribution in [0.25, 0.3) is 5.65 Å². The Kier molecular flexibility index (Phi) is 5.33. The minimum Gasteiger partial charge on any atom is -0.330 e. The molecule has 2 aliphatic rings. The van der Waals surface area contributed by atoms with Gasteiger partial charge in [-0.05, 0) is 63.8 Å². The van der Waals surface area contributed by atoms with Gasteiger partial charge in [-0.15, -0.1) is 0 Å². The van der Waals surface area contributed by atoms with Crippen molar-refractivity contribution in [3.05, 3.63) is 69.0 Å². The van der Waals surface area contributed by atoms with E-state index in [-0.39, 0.29) is 23.3 Å². The smallest absolute Gasteiger partial charge is 0.276 e. The van der Waals surface area contributed by atoms with E-state index < -0.39 is 0 Å². The fourth-order valence-corrected chi connectivity index (χ4v) is 4.90. The molecule has 2 aliphatic heterocycles. The van der Waals surface area contributed by atoms with Crippen LogP contribution in [0.2, 0.25) is 0 Å². The Balaban J connectivity index is 1.50. The normalized spacial score (nSPS) is 19.5. The van der Waals surface area contributed by atoms with E-state index in [0.717, 1.165) is 42.8 Å². The number of carbonyl (C=O) groups is 1. The molecule has 7 nitrogen and oxygen atoms in total. The summed E-state index contributed by atoms with van der Waals surface area (Å²) in [4.78, 5) is 35.3. The number of benzene rings is 1. The van der Waals surface area contributed by atoms with Crippen molar-refractivity contribution in [2.45, 2.75) is 58.2 Å². The van der Waals surface area contributed by atoms with Crippen molar-refractivity contribution < 1.29 is 9.18 Å². The molecule has 1 atom stereocenters. The third-order valence-corrected chi connectivity index (χ3v) is 6.76. The fourth-order valence-electron chi connectivity index (χ4n) is 4.90. The Hall–Kier alpha value is -3.00. The summed E-state index contributed by atoms with van der Waals surface area (Å²) in [5.41, 5.74) is 3.45. The number of rotatable bonds is 3. The van der Waals surface area contributed by atoms with Gasteiger partial charge in [0.05, 0.1) is 17.4 Å². The van der Waals surface area contributed by atoms with Gasteiger partial charge in [-0.3, -0.25) is 19.6 Å². The molecule has 8 heteroatoms. The molecule has 1 N–H and O–H groups in total. The molecule has 1 fully saturated rings. The van der Waals surface area contributed by atoms with Crippen LogP contribution in [0.4, 0.5) is 4.39 Å². The molecule has 1 unspecified atom stereocenters. The first-order valence-electron chi connectivity index (χ1n) is 11.4. The Morgan fingerprint density at radius 3 is 2.72 bits per heavy atom. The molecule has 0 radical (unpaired) electrons. The molecule has 168 valence electrons. The molecule has 4 heterocycles. The lowest BCUT2D eigenvalue weighted by Crippen LogP contribution is -2.40. The lowest BCUT2D eigenvalue weighted by Gasteiger charge is -2.35. The molecule has 3 aromatic rings. The number of H-pyrrole nitrogens is 1. The Morgan fingerprint density at radius 1 is 1.19 bits per heavy atom. The van der Waals surface area contributed by atoms with E-state index in [4.69, 9.17) is 4.98 Å². The van der Waals surface area contributed by atoms with Crippen LogP contribution < -0.4 is 5.56 Å². The Labute approximate surface area is 185 Å². The number of piperidine rings is 1. The number of nitrogens with one attached hydrogen (secondary N) is 1. The van der Waals surface area contributed by atoms with E-state index in [1.54, 1.807) is 0 Å². The van der Waals surface area contributed by atoms with Gasteiger partial charge in [0.15, 0.2) is 5.65 Å². The topological polar surface area (TPSA) is 73.7 Å². The lowest BCUT2D eigenvalue weighted by atomic mass is 9.98. The van der Waals surface area contributed by atoms with Crippen LogP contribution in [0, 0.1) is 5.82 Å². The van der Waals surface area contributed by atoms with Crippen molar-refractivity contribution in [1.82, 2.24) is 24.4 Å². The molecule has 1 saturated heterocycles. The SMILES string of the molecule is CC(C)N1CCc2c(nc3cc(C4CCCCN4C(=O)c4ccc(F)cc4)[nH]n3c2=O)C1. The Morgan fingerprint density at radius 2 is 1.97 bits per heavy atom. The maximum absolute atomic E-state index is 13.3. The molecule has 32 heavy (non-hydrogen) atoms. The average molecular weight is 438 g/mol. The zero-order chi connectivity index (χ0) is 22.4. The molecule has 0 spiro atoms. The van der Waals surface area contributed by atoms with Gasteiger partial charge in [0.1, 0.15) is 5.82 Å². The standard InChI is InChI=1S/C24H28FN5O2/c1-15(2)28-12-10-18-20(14-28)26-22-13-19(27-30(22)24(18)32)21-5-3-4-11-29(21)23(31)16-6-8-17(25)9-7-16/h6-9,13,15,21,27H,3-5,10-12,14H2,1-2H3. The van der Waals surface area contributed by atoms with E-state index in [2.05, 4.69) is 23.8 Å². The van der Waals surface area contributed by atoms with Gasteiger partial charge < -0.3 is 4.90 Å². The Bertz CT molecular complexity index is 1210. The number of amides is 1.